The summed E-state index contributed by atoms with van der Waals surface area (Å²) >= 11 is 0. The number of hydrogen-bond acceptors (Lipinski definition) is 4. The van der Waals surface area contributed by atoms with E-state index in [9.17, 15) is 4.39 Å². The molecule has 0 aliphatic heterocycles. The predicted octanol–water partition coefficient (Wildman–Crippen LogP) is 2.92. The molecule has 1 aromatic heterocycles. The van der Waals surface area contributed by atoms with Gasteiger partial charge in [0.15, 0.2) is 0 Å². The van der Waals surface area contributed by atoms with Crippen LogP contribution in [0.5, 0.6) is 5.88 Å². The fourth-order valence-electron chi connectivity index (χ4n) is 2.39. The Morgan fingerprint density at radius 1 is 1.24 bits per heavy atom. The summed E-state index contributed by atoms with van der Waals surface area (Å²) < 4.78 is 19.4. The minimum atomic E-state index is -0.287. The maximum absolute atomic E-state index is 14.1. The van der Waals surface area contributed by atoms with Gasteiger partial charge >= 0.3 is 0 Å². The van der Waals surface area contributed by atoms with E-state index in [0.29, 0.717) is 23.8 Å². The van der Waals surface area contributed by atoms with Gasteiger partial charge in [-0.15, -0.1) is 0 Å². The second kappa shape index (κ2) is 6.54. The van der Waals surface area contributed by atoms with E-state index in [1.807, 2.05) is 13.8 Å². The van der Waals surface area contributed by atoms with Gasteiger partial charge in [0.25, 0.3) is 0 Å². The highest BCUT2D eigenvalue weighted by Gasteiger charge is 2.18. The standard InChI is InChI=1S/C16H19FN2O2/c1-10-14(12-6-4-5-7-13(12)17)11(2)16(21-3)19-15(10)18-8-9-20/h4-7,20H,8-9H2,1-3H3,(H,18,19). The maximum Gasteiger partial charge on any atom is 0.218 e. The second-order valence-corrected chi connectivity index (χ2v) is 4.72. The lowest BCUT2D eigenvalue weighted by molar-refractivity contribution is 0.311. The second-order valence-electron chi connectivity index (χ2n) is 4.72. The van der Waals surface area contributed by atoms with E-state index < -0.39 is 0 Å². The Bertz CT molecular complexity index is 644. The number of nitrogens with one attached hydrogen (secondary N) is 1. The molecule has 0 saturated carbocycles. The highest BCUT2D eigenvalue weighted by molar-refractivity contribution is 5.77. The van der Waals surface area contributed by atoms with Gasteiger partial charge in [-0.2, -0.15) is 4.98 Å². The van der Waals surface area contributed by atoms with Crippen LogP contribution in [0.4, 0.5) is 10.2 Å². The van der Waals surface area contributed by atoms with Crippen LogP contribution in [0.15, 0.2) is 24.3 Å². The van der Waals surface area contributed by atoms with Crippen LogP contribution in [0, 0.1) is 19.7 Å². The molecule has 0 aliphatic carbocycles. The fraction of sp³-hybridized carbons (Fsp3) is 0.312. The molecule has 0 amide bonds. The molecule has 1 aromatic carbocycles. The number of aromatic nitrogens is 1. The Hall–Kier alpha value is -2.14. The molecule has 0 atom stereocenters. The third kappa shape index (κ3) is 2.97. The molecule has 0 aliphatic rings. The van der Waals surface area contributed by atoms with E-state index in [4.69, 9.17) is 9.84 Å². The quantitative estimate of drug-likeness (QED) is 0.889. The largest absolute Gasteiger partial charge is 0.481 e. The molecule has 5 heteroatoms. The van der Waals surface area contributed by atoms with Crippen molar-refractivity contribution in [2.45, 2.75) is 13.8 Å². The minimum absolute atomic E-state index is 0.00760. The summed E-state index contributed by atoms with van der Waals surface area (Å²) in [5, 5.41) is 12.0. The molecule has 2 aromatic rings. The topological polar surface area (TPSA) is 54.4 Å². The van der Waals surface area contributed by atoms with Gasteiger partial charge in [0, 0.05) is 17.7 Å². The van der Waals surface area contributed by atoms with E-state index in [2.05, 4.69) is 10.3 Å². The third-order valence-electron chi connectivity index (χ3n) is 3.38. The van der Waals surface area contributed by atoms with Gasteiger partial charge in [0.2, 0.25) is 5.88 Å². The monoisotopic (exact) mass is 290 g/mol. The van der Waals surface area contributed by atoms with E-state index >= 15 is 0 Å². The number of methoxy groups -OCH3 is 1. The number of hydrogen-bond donors (Lipinski definition) is 2. The van der Waals surface area contributed by atoms with Crippen LogP contribution in [-0.2, 0) is 0 Å². The van der Waals surface area contributed by atoms with Crippen molar-refractivity contribution < 1.29 is 14.2 Å². The zero-order valence-corrected chi connectivity index (χ0v) is 12.4. The molecule has 2 N–H and O–H groups in total. The van der Waals surface area contributed by atoms with Crippen LogP contribution < -0.4 is 10.1 Å². The molecule has 0 spiro atoms. The van der Waals surface area contributed by atoms with Crippen LogP contribution >= 0.6 is 0 Å². The van der Waals surface area contributed by atoms with Crippen LogP contribution in [0.2, 0.25) is 0 Å². The summed E-state index contributed by atoms with van der Waals surface area (Å²) in [6.07, 6.45) is 0. The molecule has 0 unspecified atom stereocenters. The Balaban J connectivity index is 2.66. The zero-order chi connectivity index (χ0) is 15.4. The molecular weight excluding hydrogens is 271 g/mol. The van der Waals surface area contributed by atoms with E-state index in [1.165, 1.54) is 13.2 Å². The van der Waals surface area contributed by atoms with Gasteiger partial charge in [-0.05, 0) is 31.0 Å². The van der Waals surface area contributed by atoms with Crippen molar-refractivity contribution in [2.24, 2.45) is 0 Å². The summed E-state index contributed by atoms with van der Waals surface area (Å²) in [7, 11) is 1.53. The van der Waals surface area contributed by atoms with E-state index in [1.54, 1.807) is 18.2 Å². The van der Waals surface area contributed by atoms with Crippen molar-refractivity contribution in [3.05, 3.63) is 41.2 Å². The molecule has 1 heterocycles. The Morgan fingerprint density at radius 3 is 2.57 bits per heavy atom. The highest BCUT2D eigenvalue weighted by atomic mass is 19.1. The number of aliphatic hydroxyl groups is 1. The Morgan fingerprint density at radius 2 is 1.95 bits per heavy atom. The third-order valence-corrected chi connectivity index (χ3v) is 3.38. The zero-order valence-electron chi connectivity index (χ0n) is 12.4. The van der Waals surface area contributed by atoms with Crippen molar-refractivity contribution in [3.8, 4) is 17.0 Å². The number of aliphatic hydroxyl groups excluding tert-OH is 1. The number of nitrogens with zero attached hydrogens (tertiary/aromatic N) is 1. The van der Waals surface area contributed by atoms with E-state index in [-0.39, 0.29) is 12.4 Å². The average Bonchev–Trinajstić information content (AvgIpc) is 2.48. The molecular formula is C16H19FN2O2. The Kier molecular flexibility index (Phi) is 4.75. The first-order chi connectivity index (χ1) is 10.1. The lowest BCUT2D eigenvalue weighted by Gasteiger charge is -2.18. The van der Waals surface area contributed by atoms with Crippen molar-refractivity contribution in [2.75, 3.05) is 25.6 Å². The number of ether oxygens (including phenoxy) is 1. The average molecular weight is 290 g/mol. The van der Waals surface area contributed by atoms with Gasteiger partial charge < -0.3 is 15.2 Å². The molecule has 0 fully saturated rings. The number of pyridine rings is 1. The van der Waals surface area contributed by atoms with Crippen molar-refractivity contribution in [1.82, 2.24) is 4.98 Å². The van der Waals surface area contributed by atoms with Gasteiger partial charge in [-0.25, -0.2) is 4.39 Å². The van der Waals surface area contributed by atoms with Gasteiger partial charge in [-0.1, -0.05) is 18.2 Å². The predicted molar refractivity (Wildman–Crippen MR) is 81.2 cm³/mol. The first-order valence-corrected chi connectivity index (χ1v) is 6.75. The minimum Gasteiger partial charge on any atom is -0.481 e. The van der Waals surface area contributed by atoms with Crippen molar-refractivity contribution in [1.29, 1.82) is 0 Å². The Labute approximate surface area is 123 Å². The molecule has 0 radical (unpaired) electrons. The lowest BCUT2D eigenvalue weighted by Crippen LogP contribution is -2.10. The SMILES string of the molecule is COc1nc(NCCO)c(C)c(-c2ccccc2F)c1C. The van der Waals surface area contributed by atoms with Crippen LogP contribution in [0.3, 0.4) is 0 Å². The summed E-state index contributed by atoms with van der Waals surface area (Å²) in [5.74, 6) is 0.745. The van der Waals surface area contributed by atoms with Crippen molar-refractivity contribution in [3.63, 3.8) is 0 Å². The van der Waals surface area contributed by atoms with Crippen LogP contribution in [0.1, 0.15) is 11.1 Å². The molecule has 4 nitrogen and oxygen atoms in total. The molecule has 0 bridgehead atoms. The smallest absolute Gasteiger partial charge is 0.218 e. The maximum atomic E-state index is 14.1. The molecule has 21 heavy (non-hydrogen) atoms. The molecule has 112 valence electrons. The number of rotatable bonds is 5. The normalized spacial score (nSPS) is 10.5. The molecule has 2 rings (SSSR count). The van der Waals surface area contributed by atoms with Crippen LogP contribution in [-0.4, -0.2) is 30.4 Å². The fourth-order valence-corrected chi connectivity index (χ4v) is 2.39. The van der Waals surface area contributed by atoms with Crippen molar-refractivity contribution >= 4 is 5.82 Å². The highest BCUT2D eigenvalue weighted by Crippen LogP contribution is 2.36. The van der Waals surface area contributed by atoms with Gasteiger partial charge in [-0.3, -0.25) is 0 Å². The van der Waals surface area contributed by atoms with E-state index in [0.717, 1.165) is 16.7 Å². The summed E-state index contributed by atoms with van der Waals surface area (Å²) in [6.45, 7) is 4.10. The lowest BCUT2D eigenvalue weighted by atomic mass is 9.96. The first-order valence-electron chi connectivity index (χ1n) is 6.75. The number of halogens is 1. The van der Waals surface area contributed by atoms with Gasteiger partial charge in [0.1, 0.15) is 11.6 Å². The summed E-state index contributed by atoms with van der Waals surface area (Å²) in [6, 6.07) is 6.62. The van der Waals surface area contributed by atoms with Gasteiger partial charge in [0.05, 0.1) is 13.7 Å². The number of anilines is 1. The number of benzene rings is 1. The first kappa shape index (κ1) is 15.3. The summed E-state index contributed by atoms with van der Waals surface area (Å²) in [4.78, 5) is 4.38. The van der Waals surface area contributed by atoms with Crippen LogP contribution in [0.25, 0.3) is 11.1 Å². The summed E-state index contributed by atoms with van der Waals surface area (Å²) in [5.41, 5.74) is 2.89. The molecule has 0 saturated heterocycles.